The van der Waals surface area contributed by atoms with Gasteiger partial charge in [-0.2, -0.15) is 0 Å². The average molecular weight is 230 g/mol. The molecule has 3 nitrogen and oxygen atoms in total. The van der Waals surface area contributed by atoms with Crippen LogP contribution in [0.1, 0.15) is 24.6 Å². The number of nitrogens with zero attached hydrogens (tertiary/aromatic N) is 1. The van der Waals surface area contributed by atoms with Gasteiger partial charge in [0.2, 0.25) is 0 Å². The van der Waals surface area contributed by atoms with Crippen molar-refractivity contribution in [3.63, 3.8) is 0 Å². The third kappa shape index (κ3) is 1.53. The maximum Gasteiger partial charge on any atom is 0.128 e. The molecule has 17 heavy (non-hydrogen) atoms. The number of aromatic nitrogens is 1. The number of fused-ring (bicyclic) bond motifs is 3. The quantitative estimate of drug-likeness (QED) is 0.861. The fourth-order valence-electron chi connectivity index (χ4n) is 2.95. The molecule has 1 atom stereocenters. The van der Waals surface area contributed by atoms with Crippen LogP contribution in [-0.2, 0) is 6.42 Å². The van der Waals surface area contributed by atoms with Gasteiger partial charge in [0.15, 0.2) is 0 Å². The number of aryl methyl sites for hydroxylation is 1. The summed E-state index contributed by atoms with van der Waals surface area (Å²) in [6.07, 6.45) is 3.57. The molecule has 0 radical (unpaired) electrons. The lowest BCUT2D eigenvalue weighted by molar-refractivity contribution is 0.417. The molecule has 0 spiro atoms. The van der Waals surface area contributed by atoms with Gasteiger partial charge in [0.05, 0.1) is 12.6 Å². The van der Waals surface area contributed by atoms with E-state index in [1.807, 2.05) is 6.07 Å². The second-order valence-electron chi connectivity index (χ2n) is 4.68. The Morgan fingerprint density at radius 2 is 2.35 bits per heavy atom. The van der Waals surface area contributed by atoms with Crippen molar-refractivity contribution >= 4 is 10.9 Å². The second kappa shape index (κ2) is 4.08. The molecule has 2 N–H and O–H groups in total. The molecule has 0 bridgehead atoms. The summed E-state index contributed by atoms with van der Waals surface area (Å²) in [5.74, 6) is 0.958. The van der Waals surface area contributed by atoms with Crippen molar-refractivity contribution in [1.82, 2.24) is 4.57 Å². The zero-order valence-electron chi connectivity index (χ0n) is 10.1. The number of rotatable bonds is 2. The van der Waals surface area contributed by atoms with E-state index in [0.717, 1.165) is 12.2 Å². The first-order valence-electron chi connectivity index (χ1n) is 6.22. The van der Waals surface area contributed by atoms with Gasteiger partial charge in [0, 0.05) is 23.7 Å². The van der Waals surface area contributed by atoms with E-state index in [9.17, 15) is 0 Å². The second-order valence-corrected chi connectivity index (χ2v) is 4.68. The summed E-state index contributed by atoms with van der Waals surface area (Å²) in [5, 5.41) is 1.21. The fourth-order valence-corrected chi connectivity index (χ4v) is 2.95. The third-order valence-electron chi connectivity index (χ3n) is 3.75. The first-order chi connectivity index (χ1) is 8.35. The number of methoxy groups -OCH3 is 1. The Morgan fingerprint density at radius 3 is 3.12 bits per heavy atom. The fraction of sp³-hybridized carbons (Fsp3) is 0.429. The molecule has 0 saturated carbocycles. The molecule has 0 saturated heterocycles. The highest BCUT2D eigenvalue weighted by Crippen LogP contribution is 2.35. The molecule has 2 aromatic rings. The number of ether oxygens (including phenoxy) is 1. The van der Waals surface area contributed by atoms with Crippen molar-refractivity contribution in [2.45, 2.75) is 25.3 Å². The van der Waals surface area contributed by atoms with Crippen molar-refractivity contribution in [1.29, 1.82) is 0 Å². The van der Waals surface area contributed by atoms with Crippen molar-refractivity contribution < 1.29 is 4.74 Å². The largest absolute Gasteiger partial charge is 0.496 e. The van der Waals surface area contributed by atoms with Crippen molar-refractivity contribution in [2.75, 3.05) is 13.7 Å². The molecule has 1 unspecified atom stereocenters. The zero-order valence-corrected chi connectivity index (χ0v) is 10.1. The van der Waals surface area contributed by atoms with E-state index in [1.165, 1.54) is 29.4 Å². The van der Waals surface area contributed by atoms with Gasteiger partial charge in [-0.1, -0.05) is 6.07 Å². The summed E-state index contributed by atoms with van der Waals surface area (Å²) in [5.41, 5.74) is 8.54. The topological polar surface area (TPSA) is 40.2 Å². The lowest BCUT2D eigenvalue weighted by Crippen LogP contribution is -2.24. The van der Waals surface area contributed by atoms with E-state index >= 15 is 0 Å². The maximum absolute atomic E-state index is 5.89. The number of hydrogen-bond donors (Lipinski definition) is 1. The molecule has 0 fully saturated rings. The Bertz CT molecular complexity index is 544. The smallest absolute Gasteiger partial charge is 0.128 e. The highest BCUT2D eigenvalue weighted by Gasteiger charge is 2.21. The molecule has 0 aliphatic carbocycles. The minimum absolute atomic E-state index is 0.448. The Hall–Kier alpha value is -1.48. The van der Waals surface area contributed by atoms with E-state index in [2.05, 4.69) is 22.8 Å². The highest BCUT2D eigenvalue weighted by molar-refractivity contribution is 5.87. The van der Waals surface area contributed by atoms with Crippen LogP contribution in [0.5, 0.6) is 5.75 Å². The normalized spacial score (nSPS) is 19.3. The predicted molar refractivity (Wildman–Crippen MR) is 69.5 cm³/mol. The van der Waals surface area contributed by atoms with Gasteiger partial charge in [-0.25, -0.2) is 0 Å². The van der Waals surface area contributed by atoms with Crippen LogP contribution in [0.3, 0.4) is 0 Å². The number of hydrogen-bond acceptors (Lipinski definition) is 2. The summed E-state index contributed by atoms with van der Waals surface area (Å²) in [6, 6.07) is 8.94. The van der Waals surface area contributed by atoms with Crippen molar-refractivity contribution in [3.05, 3.63) is 30.0 Å². The van der Waals surface area contributed by atoms with Gasteiger partial charge in [-0.05, 0) is 37.5 Å². The van der Waals surface area contributed by atoms with Gasteiger partial charge in [0.1, 0.15) is 5.75 Å². The van der Waals surface area contributed by atoms with E-state index in [4.69, 9.17) is 10.5 Å². The molecular weight excluding hydrogens is 212 g/mol. The molecule has 1 aliphatic heterocycles. The van der Waals surface area contributed by atoms with Crippen LogP contribution in [0, 0.1) is 0 Å². The molecule has 2 heterocycles. The Morgan fingerprint density at radius 1 is 1.47 bits per heavy atom. The van der Waals surface area contributed by atoms with Crippen LogP contribution < -0.4 is 10.5 Å². The Kier molecular flexibility index (Phi) is 2.56. The molecule has 0 amide bonds. The van der Waals surface area contributed by atoms with E-state index in [0.29, 0.717) is 12.6 Å². The molecule has 3 rings (SSSR count). The number of nitrogens with two attached hydrogens (primary N) is 1. The Labute approximate surface area is 101 Å². The first kappa shape index (κ1) is 10.7. The number of benzene rings is 1. The van der Waals surface area contributed by atoms with Crippen molar-refractivity contribution in [3.8, 4) is 5.75 Å². The molecule has 90 valence electrons. The van der Waals surface area contributed by atoms with Gasteiger partial charge in [-0.15, -0.1) is 0 Å². The molecule has 1 aliphatic rings. The summed E-state index contributed by atoms with van der Waals surface area (Å²) < 4.78 is 7.83. The summed E-state index contributed by atoms with van der Waals surface area (Å²) in [7, 11) is 1.73. The summed E-state index contributed by atoms with van der Waals surface area (Å²) in [6.45, 7) is 0.716. The third-order valence-corrected chi connectivity index (χ3v) is 3.75. The van der Waals surface area contributed by atoms with Crippen LogP contribution in [0.4, 0.5) is 0 Å². The first-order valence-corrected chi connectivity index (χ1v) is 6.22. The maximum atomic E-state index is 5.89. The lowest BCUT2D eigenvalue weighted by Gasteiger charge is -2.25. The van der Waals surface area contributed by atoms with Crippen LogP contribution >= 0.6 is 0 Å². The van der Waals surface area contributed by atoms with Crippen LogP contribution in [0.25, 0.3) is 10.9 Å². The lowest BCUT2D eigenvalue weighted by atomic mass is 10.0. The zero-order chi connectivity index (χ0) is 11.8. The van der Waals surface area contributed by atoms with E-state index < -0.39 is 0 Å². The molecule has 1 aromatic carbocycles. The predicted octanol–water partition coefficient (Wildman–Crippen LogP) is 2.49. The highest BCUT2D eigenvalue weighted by atomic mass is 16.5. The standard InChI is InChI=1S/C14H18N2O/c1-17-14-7-3-6-13-12(14)8-10-4-2-5-11(9-15)16(10)13/h3,6-8,11H,2,4-5,9,15H2,1H3. The minimum atomic E-state index is 0.448. The van der Waals surface area contributed by atoms with Gasteiger partial charge in [-0.3, -0.25) is 0 Å². The summed E-state index contributed by atoms with van der Waals surface area (Å²) >= 11 is 0. The van der Waals surface area contributed by atoms with Gasteiger partial charge < -0.3 is 15.0 Å². The van der Waals surface area contributed by atoms with Crippen molar-refractivity contribution in [2.24, 2.45) is 5.73 Å². The van der Waals surface area contributed by atoms with Gasteiger partial charge in [0.25, 0.3) is 0 Å². The van der Waals surface area contributed by atoms with Gasteiger partial charge >= 0.3 is 0 Å². The van der Waals surface area contributed by atoms with Crippen LogP contribution in [0.15, 0.2) is 24.3 Å². The van der Waals surface area contributed by atoms with Crippen LogP contribution in [-0.4, -0.2) is 18.2 Å². The Balaban J connectivity index is 2.27. The van der Waals surface area contributed by atoms with E-state index in [-0.39, 0.29) is 0 Å². The van der Waals surface area contributed by atoms with Crippen LogP contribution in [0.2, 0.25) is 0 Å². The SMILES string of the molecule is COc1cccc2c1cc1n2C(CN)CCC1. The molecule has 3 heteroatoms. The average Bonchev–Trinajstić information content (AvgIpc) is 2.76. The van der Waals surface area contributed by atoms with E-state index in [1.54, 1.807) is 7.11 Å². The molecular formula is C14H18N2O. The minimum Gasteiger partial charge on any atom is -0.496 e. The monoisotopic (exact) mass is 230 g/mol. The summed E-state index contributed by atoms with van der Waals surface area (Å²) in [4.78, 5) is 0. The molecule has 1 aromatic heterocycles.